The van der Waals surface area contributed by atoms with Gasteiger partial charge >= 0.3 is 5.97 Å². The first-order valence-corrected chi connectivity index (χ1v) is 11.1. The van der Waals surface area contributed by atoms with Crippen molar-refractivity contribution in [2.24, 2.45) is 5.92 Å². The van der Waals surface area contributed by atoms with Gasteiger partial charge in [-0.15, -0.1) is 0 Å². The first kappa shape index (κ1) is 22.0. The number of esters is 1. The molecule has 4 nitrogen and oxygen atoms in total. The Morgan fingerprint density at radius 3 is 2.53 bits per heavy atom. The molecule has 164 valence electrons. The van der Waals surface area contributed by atoms with Crippen molar-refractivity contribution in [3.05, 3.63) is 96.1 Å². The van der Waals surface area contributed by atoms with Crippen LogP contribution in [0.15, 0.2) is 84.9 Å². The van der Waals surface area contributed by atoms with E-state index in [0.29, 0.717) is 6.42 Å². The van der Waals surface area contributed by atoms with Crippen molar-refractivity contribution in [2.45, 2.75) is 44.3 Å². The minimum Gasteiger partial charge on any atom is -0.458 e. The Morgan fingerprint density at radius 1 is 1.06 bits per heavy atom. The number of hydrogen-bond acceptors (Lipinski definition) is 4. The highest BCUT2D eigenvalue weighted by atomic mass is 16.5. The second kappa shape index (κ2) is 9.92. The lowest BCUT2D eigenvalue weighted by Gasteiger charge is -2.20. The van der Waals surface area contributed by atoms with Gasteiger partial charge in [0.15, 0.2) is 0 Å². The summed E-state index contributed by atoms with van der Waals surface area (Å²) in [5, 5.41) is 12.8. The van der Waals surface area contributed by atoms with Crippen molar-refractivity contribution in [2.75, 3.05) is 0 Å². The van der Waals surface area contributed by atoms with Crippen molar-refractivity contribution >= 4 is 22.5 Å². The first-order chi connectivity index (χ1) is 15.5. The smallest absolute Gasteiger partial charge is 0.303 e. The fourth-order valence-electron chi connectivity index (χ4n) is 4.57. The molecule has 32 heavy (non-hydrogen) atoms. The minimum atomic E-state index is -0.748. The van der Waals surface area contributed by atoms with E-state index in [2.05, 4.69) is 0 Å². The molecule has 0 heterocycles. The van der Waals surface area contributed by atoms with Crippen LogP contribution in [0.4, 0.5) is 0 Å². The fourth-order valence-corrected chi connectivity index (χ4v) is 4.57. The molecule has 4 rings (SSSR count). The van der Waals surface area contributed by atoms with Crippen LogP contribution in [0.1, 0.15) is 36.8 Å². The summed E-state index contributed by atoms with van der Waals surface area (Å²) in [6.45, 7) is 1.40. The van der Waals surface area contributed by atoms with Crippen LogP contribution in [-0.2, 0) is 20.7 Å². The second-order valence-electron chi connectivity index (χ2n) is 8.46. The summed E-state index contributed by atoms with van der Waals surface area (Å²) in [6, 6.07) is 24.1. The summed E-state index contributed by atoms with van der Waals surface area (Å²) in [7, 11) is 0. The van der Waals surface area contributed by atoms with Gasteiger partial charge in [0.25, 0.3) is 0 Å². The second-order valence-corrected chi connectivity index (χ2v) is 8.46. The van der Waals surface area contributed by atoms with Crippen molar-refractivity contribution in [3.63, 3.8) is 0 Å². The predicted molar refractivity (Wildman–Crippen MR) is 125 cm³/mol. The molecular weight excluding hydrogens is 400 g/mol. The molecule has 0 aliphatic heterocycles. The Kier molecular flexibility index (Phi) is 6.81. The van der Waals surface area contributed by atoms with Crippen LogP contribution in [0.5, 0.6) is 0 Å². The molecule has 4 heteroatoms. The van der Waals surface area contributed by atoms with Gasteiger partial charge in [0.1, 0.15) is 11.9 Å². The molecule has 0 bridgehead atoms. The molecule has 0 unspecified atom stereocenters. The summed E-state index contributed by atoms with van der Waals surface area (Å²) < 4.78 is 5.50. The van der Waals surface area contributed by atoms with Crippen molar-refractivity contribution in [3.8, 4) is 0 Å². The zero-order valence-electron chi connectivity index (χ0n) is 18.2. The number of aryl methyl sites for hydroxylation is 1. The molecule has 1 N–H and O–H groups in total. The van der Waals surface area contributed by atoms with Crippen LogP contribution in [0.2, 0.25) is 0 Å². The molecule has 4 atom stereocenters. The molecule has 3 aromatic carbocycles. The van der Waals surface area contributed by atoms with Crippen molar-refractivity contribution in [1.82, 2.24) is 0 Å². The zero-order valence-corrected chi connectivity index (χ0v) is 18.2. The number of Topliss-reactive ketones (excluding diaryl/α,β-unsaturated/α-hetero) is 1. The first-order valence-electron chi connectivity index (χ1n) is 11.1. The molecule has 0 spiro atoms. The maximum Gasteiger partial charge on any atom is 0.303 e. The van der Waals surface area contributed by atoms with E-state index in [-0.39, 0.29) is 24.1 Å². The van der Waals surface area contributed by atoms with E-state index in [1.807, 2.05) is 84.9 Å². The van der Waals surface area contributed by atoms with Crippen LogP contribution in [0.25, 0.3) is 10.8 Å². The van der Waals surface area contributed by atoms with Crippen LogP contribution in [0, 0.1) is 5.92 Å². The number of hydrogen-bond donors (Lipinski definition) is 1. The number of rotatable bonds is 7. The number of aliphatic hydroxyl groups is 1. The van der Waals surface area contributed by atoms with Gasteiger partial charge in [0.2, 0.25) is 0 Å². The average molecular weight is 429 g/mol. The highest BCUT2D eigenvalue weighted by molar-refractivity contribution is 5.91. The predicted octanol–water partition coefficient (Wildman–Crippen LogP) is 4.99. The summed E-state index contributed by atoms with van der Waals surface area (Å²) in [4.78, 5) is 24.4. The largest absolute Gasteiger partial charge is 0.458 e. The van der Waals surface area contributed by atoms with Gasteiger partial charge < -0.3 is 9.84 Å². The molecule has 1 fully saturated rings. The zero-order chi connectivity index (χ0) is 22.5. The Bertz CT molecular complexity index is 1120. The van der Waals surface area contributed by atoms with Crippen LogP contribution in [-0.4, -0.2) is 29.1 Å². The molecule has 0 saturated heterocycles. The van der Waals surface area contributed by atoms with Crippen molar-refractivity contribution < 1.29 is 19.4 Å². The van der Waals surface area contributed by atoms with E-state index >= 15 is 0 Å². The van der Waals surface area contributed by atoms with Gasteiger partial charge in [-0.1, -0.05) is 78.9 Å². The average Bonchev–Trinajstić information content (AvgIpc) is 3.08. The third-order valence-corrected chi connectivity index (χ3v) is 6.14. The summed E-state index contributed by atoms with van der Waals surface area (Å²) in [6.07, 6.45) is 4.09. The highest BCUT2D eigenvalue weighted by Crippen LogP contribution is 2.39. The molecular formula is C28H28O4. The Morgan fingerprint density at radius 2 is 1.78 bits per heavy atom. The Labute approximate surface area is 188 Å². The number of fused-ring (bicyclic) bond motifs is 1. The van der Waals surface area contributed by atoms with Crippen LogP contribution in [0.3, 0.4) is 0 Å². The topological polar surface area (TPSA) is 63.6 Å². The van der Waals surface area contributed by atoms with Crippen LogP contribution >= 0.6 is 0 Å². The van der Waals surface area contributed by atoms with E-state index in [1.54, 1.807) is 0 Å². The highest BCUT2D eigenvalue weighted by Gasteiger charge is 2.41. The maximum atomic E-state index is 12.8. The van der Waals surface area contributed by atoms with E-state index in [4.69, 9.17) is 4.74 Å². The molecule has 0 radical (unpaired) electrons. The van der Waals surface area contributed by atoms with Crippen molar-refractivity contribution in [1.29, 1.82) is 0 Å². The third kappa shape index (κ3) is 5.14. The number of carbonyl (C=O) groups is 2. The SMILES string of the molecule is CC(=O)O[C@H](/C=C/[C@H]1[C@H](O)CC(=O)[C@H]1c1ccc2ccccc2c1)CCc1ccccc1. The molecule has 1 aliphatic carbocycles. The van der Waals surface area contributed by atoms with Gasteiger partial charge in [-0.2, -0.15) is 0 Å². The van der Waals surface area contributed by atoms with Gasteiger partial charge in [0.05, 0.1) is 12.0 Å². The lowest BCUT2D eigenvalue weighted by atomic mass is 9.86. The lowest BCUT2D eigenvalue weighted by Crippen LogP contribution is -2.19. The van der Waals surface area contributed by atoms with E-state index < -0.39 is 18.1 Å². The summed E-state index contributed by atoms with van der Waals surface area (Å²) in [5.74, 6) is -1.06. The van der Waals surface area contributed by atoms with E-state index in [9.17, 15) is 14.7 Å². The van der Waals surface area contributed by atoms with Crippen LogP contribution < -0.4 is 0 Å². The van der Waals surface area contributed by atoms with Gasteiger partial charge in [-0.25, -0.2) is 0 Å². The quantitative estimate of drug-likeness (QED) is 0.425. The summed E-state index contributed by atoms with van der Waals surface area (Å²) >= 11 is 0. The number of ether oxygens (including phenoxy) is 1. The molecule has 0 amide bonds. The summed E-state index contributed by atoms with van der Waals surface area (Å²) in [5.41, 5.74) is 2.08. The van der Waals surface area contributed by atoms with E-state index in [1.165, 1.54) is 12.5 Å². The standard InChI is InChI=1S/C28H28O4/c1-19(29)32-24(14-11-20-7-3-2-4-8-20)15-16-25-26(30)18-27(31)28(25)23-13-12-21-9-5-6-10-22(21)17-23/h2-10,12-13,15-17,24-26,28,30H,11,14,18H2,1H3/b16-15+/t24-,25-,26+,28-/m0/s1. The molecule has 1 saturated carbocycles. The number of aliphatic hydroxyl groups excluding tert-OH is 1. The van der Waals surface area contributed by atoms with E-state index in [0.717, 1.165) is 22.8 Å². The molecule has 0 aromatic heterocycles. The van der Waals surface area contributed by atoms with Gasteiger partial charge in [0, 0.05) is 19.3 Å². The third-order valence-electron chi connectivity index (χ3n) is 6.14. The maximum absolute atomic E-state index is 12.8. The molecule has 3 aromatic rings. The molecule has 1 aliphatic rings. The monoisotopic (exact) mass is 428 g/mol. The fraction of sp³-hybridized carbons (Fsp3) is 0.286. The van der Waals surface area contributed by atoms with Gasteiger partial charge in [-0.05, 0) is 40.8 Å². The normalized spacial score (nSPS) is 21.8. The number of ketones is 1. The van der Waals surface area contributed by atoms with Gasteiger partial charge in [-0.3, -0.25) is 9.59 Å². The Hall–Kier alpha value is -3.24. The lowest BCUT2D eigenvalue weighted by molar-refractivity contribution is -0.144. The number of benzene rings is 3. The Balaban J connectivity index is 1.55. The number of carbonyl (C=O) groups excluding carboxylic acids is 2. The minimum absolute atomic E-state index is 0.0377.